The third-order valence-electron chi connectivity index (χ3n) is 7.87. The molecule has 0 aliphatic carbocycles. The minimum absolute atomic E-state index is 0. The molecular weight excluding hydrogens is 757 g/mol. The maximum absolute atomic E-state index is 6.25. The molecule has 0 saturated heterocycles. The van der Waals surface area contributed by atoms with E-state index in [-0.39, 0.29) is 20.1 Å². The molecule has 0 N–H and O–H groups in total. The average molecular weight is 795 g/mol. The zero-order valence-corrected chi connectivity index (χ0v) is 30.4. The normalized spacial score (nSPS) is 11.3. The number of hydrogen-bond donors (Lipinski definition) is 0. The second-order valence-corrected chi connectivity index (χ2v) is 18.0. The standard InChI is InChI=1S/C27H22NO.C14H16NSi.Ir/c1-18(2)15-19-13-14-28-25(16-19)21-11-12-26-24(17-21)23-10-6-9-22(27(23)29-26)20-7-4-3-5-8-20;1-16(2,3)13-9-10-14(15-11-13)12-7-5-4-6-8-12;/h3-10,12-14,16-18H,15H2,1-2H3;4-7,9-11H,1-3H3;/q2*-1;. The van der Waals surface area contributed by atoms with E-state index in [1.807, 2.05) is 48.8 Å². The Hall–Kier alpha value is -4.15. The maximum Gasteiger partial charge on any atom is 0.128 e. The molecule has 5 heteroatoms. The minimum atomic E-state index is -1.23. The number of nitrogens with zero attached hydrogens (tertiary/aromatic N) is 2. The third kappa shape index (κ3) is 7.62. The molecule has 0 saturated carbocycles. The summed E-state index contributed by atoms with van der Waals surface area (Å²) in [6.45, 7) is 11.5. The fourth-order valence-corrected chi connectivity index (χ4v) is 6.54. The van der Waals surface area contributed by atoms with Crippen molar-refractivity contribution in [3.63, 3.8) is 0 Å². The van der Waals surface area contributed by atoms with Crippen molar-refractivity contribution in [2.75, 3.05) is 0 Å². The largest absolute Gasteiger partial charge is 0.500 e. The van der Waals surface area contributed by atoms with Gasteiger partial charge in [0.25, 0.3) is 0 Å². The van der Waals surface area contributed by atoms with Crippen molar-refractivity contribution in [3.8, 4) is 33.6 Å². The predicted molar refractivity (Wildman–Crippen MR) is 191 cm³/mol. The smallest absolute Gasteiger partial charge is 0.128 e. The molecule has 233 valence electrons. The van der Waals surface area contributed by atoms with Crippen LogP contribution in [-0.2, 0) is 26.5 Å². The Kier molecular flexibility index (Phi) is 10.5. The number of pyridine rings is 2. The topological polar surface area (TPSA) is 38.9 Å². The van der Waals surface area contributed by atoms with Crippen LogP contribution in [0.4, 0.5) is 0 Å². The molecule has 0 spiro atoms. The second-order valence-electron chi connectivity index (χ2n) is 12.9. The Morgan fingerprint density at radius 1 is 0.739 bits per heavy atom. The van der Waals surface area contributed by atoms with Gasteiger partial charge in [0.1, 0.15) is 5.58 Å². The van der Waals surface area contributed by atoms with Crippen LogP contribution in [0, 0.1) is 18.1 Å². The molecule has 0 unspecified atom stereocenters. The van der Waals surface area contributed by atoms with E-state index in [0.29, 0.717) is 5.92 Å². The van der Waals surface area contributed by atoms with Gasteiger partial charge in [-0.1, -0.05) is 111 Å². The molecule has 0 bridgehead atoms. The summed E-state index contributed by atoms with van der Waals surface area (Å²) in [6.07, 6.45) is 4.96. The summed E-state index contributed by atoms with van der Waals surface area (Å²) < 4.78 is 6.25. The van der Waals surface area contributed by atoms with Crippen molar-refractivity contribution in [1.29, 1.82) is 0 Å². The van der Waals surface area contributed by atoms with Crippen LogP contribution in [0.1, 0.15) is 19.4 Å². The predicted octanol–water partition coefficient (Wildman–Crippen LogP) is 10.4. The summed E-state index contributed by atoms with van der Waals surface area (Å²) in [5.74, 6) is 0.617. The zero-order valence-electron chi connectivity index (χ0n) is 27.0. The monoisotopic (exact) mass is 795 g/mol. The summed E-state index contributed by atoms with van der Waals surface area (Å²) >= 11 is 0. The first-order chi connectivity index (χ1) is 21.8. The Morgan fingerprint density at radius 3 is 2.24 bits per heavy atom. The molecule has 0 aliphatic rings. The van der Waals surface area contributed by atoms with Gasteiger partial charge >= 0.3 is 0 Å². The number of benzene rings is 4. The quantitative estimate of drug-likeness (QED) is 0.124. The van der Waals surface area contributed by atoms with Crippen LogP contribution >= 0.6 is 0 Å². The molecule has 46 heavy (non-hydrogen) atoms. The Morgan fingerprint density at radius 2 is 1.54 bits per heavy atom. The fourth-order valence-electron chi connectivity index (χ4n) is 5.50. The van der Waals surface area contributed by atoms with Crippen LogP contribution < -0.4 is 5.19 Å². The van der Waals surface area contributed by atoms with Gasteiger partial charge < -0.3 is 14.4 Å². The van der Waals surface area contributed by atoms with Gasteiger partial charge in [-0.25, -0.2) is 0 Å². The molecule has 7 aromatic rings. The van der Waals surface area contributed by atoms with Crippen molar-refractivity contribution in [2.45, 2.75) is 39.9 Å². The Bertz CT molecular complexity index is 2030. The van der Waals surface area contributed by atoms with Gasteiger partial charge in [0.2, 0.25) is 0 Å². The van der Waals surface area contributed by atoms with Crippen LogP contribution in [0.15, 0.2) is 126 Å². The molecule has 4 aromatic carbocycles. The van der Waals surface area contributed by atoms with Gasteiger partial charge in [-0.15, -0.1) is 59.7 Å². The molecule has 0 aliphatic heterocycles. The van der Waals surface area contributed by atoms with Crippen LogP contribution in [0.3, 0.4) is 0 Å². The van der Waals surface area contributed by atoms with Gasteiger partial charge in [-0.05, 0) is 40.5 Å². The van der Waals surface area contributed by atoms with E-state index in [1.54, 1.807) is 0 Å². The van der Waals surface area contributed by atoms with Crippen molar-refractivity contribution in [1.82, 2.24) is 9.97 Å². The van der Waals surface area contributed by atoms with Crippen LogP contribution in [-0.4, -0.2) is 18.0 Å². The molecule has 0 atom stereocenters. The molecule has 3 aromatic heterocycles. The molecule has 3 nitrogen and oxygen atoms in total. The molecule has 0 amide bonds. The third-order valence-corrected chi connectivity index (χ3v) is 9.90. The van der Waals surface area contributed by atoms with Crippen LogP contribution in [0.5, 0.6) is 0 Å². The van der Waals surface area contributed by atoms with E-state index in [9.17, 15) is 0 Å². The summed E-state index contributed by atoms with van der Waals surface area (Å²) in [5.41, 5.74) is 9.36. The molecule has 3 heterocycles. The van der Waals surface area contributed by atoms with Crippen LogP contribution in [0.2, 0.25) is 19.6 Å². The number of aromatic nitrogens is 2. The van der Waals surface area contributed by atoms with Crippen molar-refractivity contribution >= 4 is 35.2 Å². The molecule has 0 fully saturated rings. The first-order valence-corrected chi connectivity index (χ1v) is 19.1. The van der Waals surface area contributed by atoms with Gasteiger partial charge in [0, 0.05) is 43.4 Å². The zero-order chi connectivity index (χ0) is 31.4. The average Bonchev–Trinajstić information content (AvgIpc) is 3.44. The van der Waals surface area contributed by atoms with Gasteiger partial charge in [-0.3, -0.25) is 0 Å². The molecule has 1 radical (unpaired) electrons. The maximum atomic E-state index is 6.25. The first-order valence-electron chi connectivity index (χ1n) is 15.6. The Balaban J connectivity index is 0.000000209. The number of rotatable bonds is 6. The first kappa shape index (κ1) is 33.2. The Labute approximate surface area is 287 Å². The van der Waals surface area contributed by atoms with E-state index in [2.05, 4.69) is 128 Å². The van der Waals surface area contributed by atoms with E-state index < -0.39 is 8.07 Å². The number of hydrogen-bond acceptors (Lipinski definition) is 3. The van der Waals surface area contributed by atoms with E-state index in [0.717, 1.165) is 62.0 Å². The number of furan rings is 1. The number of fused-ring (bicyclic) bond motifs is 3. The van der Waals surface area contributed by atoms with Gasteiger partial charge in [0.05, 0.1) is 13.7 Å². The molecular formula is C41H38IrN2OSi-2. The van der Waals surface area contributed by atoms with E-state index in [1.165, 1.54) is 10.8 Å². The van der Waals surface area contributed by atoms with Crippen molar-refractivity contribution in [2.24, 2.45) is 5.92 Å². The summed E-state index contributed by atoms with van der Waals surface area (Å²) in [5, 5.41) is 3.62. The van der Waals surface area contributed by atoms with Crippen molar-refractivity contribution in [3.05, 3.63) is 139 Å². The summed E-state index contributed by atoms with van der Waals surface area (Å²) in [7, 11) is -1.23. The number of para-hydroxylation sites is 1. The van der Waals surface area contributed by atoms with Gasteiger partial charge in [0.15, 0.2) is 0 Å². The second kappa shape index (κ2) is 14.5. The fraction of sp³-hybridized carbons (Fsp3) is 0.171. The minimum Gasteiger partial charge on any atom is -0.500 e. The SMILES string of the molecule is CC(C)Cc1ccnc(-c2[c-]cc3oc4c(-c5ccccc5)cccc4c3c2)c1.C[Si](C)(C)c1ccc(-c2[c-]cccc2)nc1.[Ir]. The van der Waals surface area contributed by atoms with Crippen LogP contribution in [0.25, 0.3) is 55.6 Å². The summed E-state index contributed by atoms with van der Waals surface area (Å²) in [4.78, 5) is 9.11. The van der Waals surface area contributed by atoms with Gasteiger partial charge in [-0.2, -0.15) is 0 Å². The van der Waals surface area contributed by atoms with E-state index in [4.69, 9.17) is 4.42 Å². The molecule has 7 rings (SSSR count). The van der Waals surface area contributed by atoms with Crippen molar-refractivity contribution < 1.29 is 24.5 Å². The summed E-state index contributed by atoms with van der Waals surface area (Å²) in [6, 6.07) is 43.9. The van der Waals surface area contributed by atoms with E-state index >= 15 is 0 Å².